The lowest BCUT2D eigenvalue weighted by atomic mass is 10.2. The molecule has 0 aliphatic carbocycles. The highest BCUT2D eigenvalue weighted by Crippen LogP contribution is 2.27. The van der Waals surface area contributed by atoms with Crippen molar-refractivity contribution in [2.45, 2.75) is 6.54 Å². The normalized spacial score (nSPS) is 14.6. The van der Waals surface area contributed by atoms with E-state index in [4.69, 9.17) is 11.6 Å². The van der Waals surface area contributed by atoms with Gasteiger partial charge in [0.1, 0.15) is 16.5 Å². The number of halogens is 2. The van der Waals surface area contributed by atoms with Crippen LogP contribution < -0.4 is 5.32 Å². The van der Waals surface area contributed by atoms with E-state index in [2.05, 4.69) is 5.32 Å². The molecule has 23 heavy (non-hydrogen) atoms. The van der Waals surface area contributed by atoms with Gasteiger partial charge in [-0.1, -0.05) is 54.1 Å². The molecule has 116 valence electrons. The molecule has 1 aliphatic rings. The Morgan fingerprint density at radius 1 is 0.957 bits per heavy atom. The number of benzene rings is 2. The van der Waals surface area contributed by atoms with Crippen LogP contribution in [0.4, 0.5) is 10.1 Å². The van der Waals surface area contributed by atoms with E-state index < -0.39 is 17.6 Å². The number of carbonyl (C=O) groups excluding carboxylic acids is 2. The first-order valence-electron chi connectivity index (χ1n) is 6.89. The predicted molar refractivity (Wildman–Crippen MR) is 84.9 cm³/mol. The van der Waals surface area contributed by atoms with Gasteiger partial charge in [-0.15, -0.1) is 0 Å². The third kappa shape index (κ3) is 2.96. The first kappa shape index (κ1) is 15.2. The van der Waals surface area contributed by atoms with E-state index in [1.54, 1.807) is 18.2 Å². The lowest BCUT2D eigenvalue weighted by molar-refractivity contribution is -0.138. The summed E-state index contributed by atoms with van der Waals surface area (Å²) in [5.74, 6) is -1.71. The number of nitrogens with one attached hydrogen (secondary N) is 1. The van der Waals surface area contributed by atoms with Gasteiger partial charge in [-0.05, 0) is 17.7 Å². The zero-order valence-corrected chi connectivity index (χ0v) is 12.7. The summed E-state index contributed by atoms with van der Waals surface area (Å²) in [5.41, 5.74) is 0.770. The molecule has 0 aromatic heterocycles. The van der Waals surface area contributed by atoms with Crippen molar-refractivity contribution in [3.05, 3.63) is 76.7 Å². The van der Waals surface area contributed by atoms with Gasteiger partial charge in [0.15, 0.2) is 0 Å². The van der Waals surface area contributed by atoms with Gasteiger partial charge < -0.3 is 5.32 Å². The molecule has 0 saturated heterocycles. The molecule has 0 radical (unpaired) electrons. The zero-order chi connectivity index (χ0) is 16.4. The Morgan fingerprint density at radius 2 is 1.61 bits per heavy atom. The van der Waals surface area contributed by atoms with Crippen molar-refractivity contribution in [2.75, 3.05) is 5.32 Å². The number of nitrogens with zero attached hydrogens (tertiary/aromatic N) is 1. The average Bonchev–Trinajstić information content (AvgIpc) is 2.76. The molecule has 4 nitrogen and oxygen atoms in total. The lowest BCUT2D eigenvalue weighted by Crippen LogP contribution is -2.31. The van der Waals surface area contributed by atoms with Crippen molar-refractivity contribution in [3.63, 3.8) is 0 Å². The average molecular weight is 331 g/mol. The van der Waals surface area contributed by atoms with Crippen LogP contribution in [0.5, 0.6) is 0 Å². The maximum absolute atomic E-state index is 13.7. The number of hydrogen-bond donors (Lipinski definition) is 1. The zero-order valence-electron chi connectivity index (χ0n) is 11.9. The van der Waals surface area contributed by atoms with Crippen LogP contribution in [0.25, 0.3) is 0 Å². The van der Waals surface area contributed by atoms with E-state index in [9.17, 15) is 14.0 Å². The summed E-state index contributed by atoms with van der Waals surface area (Å²) in [6.07, 6.45) is 0. The second kappa shape index (κ2) is 6.22. The quantitative estimate of drug-likeness (QED) is 0.875. The Labute approximate surface area is 137 Å². The highest BCUT2D eigenvalue weighted by atomic mass is 35.5. The van der Waals surface area contributed by atoms with Crippen LogP contribution in [-0.4, -0.2) is 16.7 Å². The van der Waals surface area contributed by atoms with Gasteiger partial charge in [0.25, 0.3) is 11.8 Å². The molecule has 2 aromatic rings. The van der Waals surface area contributed by atoms with Gasteiger partial charge in [0.2, 0.25) is 0 Å². The van der Waals surface area contributed by atoms with Crippen molar-refractivity contribution in [3.8, 4) is 0 Å². The van der Waals surface area contributed by atoms with Crippen LogP contribution in [0.2, 0.25) is 0 Å². The summed E-state index contributed by atoms with van der Waals surface area (Å²) in [4.78, 5) is 25.6. The van der Waals surface area contributed by atoms with Crippen LogP contribution in [0.15, 0.2) is 65.3 Å². The largest absolute Gasteiger partial charge is 0.347 e. The summed E-state index contributed by atoms with van der Waals surface area (Å²) in [5, 5.41) is 2.37. The van der Waals surface area contributed by atoms with Crippen molar-refractivity contribution >= 4 is 29.1 Å². The Kier molecular flexibility index (Phi) is 4.12. The summed E-state index contributed by atoms with van der Waals surface area (Å²) in [6.45, 7) is 0.108. The fraction of sp³-hybridized carbons (Fsp3) is 0.0588. The molecule has 1 aliphatic heterocycles. The summed E-state index contributed by atoms with van der Waals surface area (Å²) in [6, 6.07) is 14.9. The highest BCUT2D eigenvalue weighted by Gasteiger charge is 2.37. The maximum Gasteiger partial charge on any atom is 0.279 e. The molecular formula is C17H12ClFN2O2. The van der Waals surface area contributed by atoms with Crippen LogP contribution in [-0.2, 0) is 16.1 Å². The molecule has 0 saturated carbocycles. The third-order valence-corrected chi connectivity index (χ3v) is 3.78. The minimum atomic E-state index is -0.598. The standard InChI is InChI=1S/C17H12ClFN2O2/c18-14-15(20-13-9-5-4-8-12(13)19)17(23)21(16(14)22)10-11-6-2-1-3-7-11/h1-9,20H,10H2. The van der Waals surface area contributed by atoms with Gasteiger partial charge in [-0.25, -0.2) is 4.39 Å². The molecule has 6 heteroatoms. The predicted octanol–water partition coefficient (Wildman–Crippen LogP) is 3.26. The van der Waals surface area contributed by atoms with E-state index in [1.165, 1.54) is 18.2 Å². The summed E-state index contributed by atoms with van der Waals surface area (Å²) in [7, 11) is 0. The topological polar surface area (TPSA) is 49.4 Å². The smallest absolute Gasteiger partial charge is 0.279 e. The van der Waals surface area contributed by atoms with Crippen LogP contribution in [0.1, 0.15) is 5.56 Å². The number of carbonyl (C=O) groups is 2. The third-order valence-electron chi connectivity index (χ3n) is 3.43. The van der Waals surface area contributed by atoms with E-state index >= 15 is 0 Å². The number of para-hydroxylation sites is 1. The fourth-order valence-electron chi connectivity index (χ4n) is 2.26. The molecule has 0 bridgehead atoms. The molecule has 2 aromatic carbocycles. The molecule has 0 unspecified atom stereocenters. The molecule has 0 spiro atoms. The van der Waals surface area contributed by atoms with E-state index in [0.29, 0.717) is 0 Å². The van der Waals surface area contributed by atoms with Crippen molar-refractivity contribution in [1.82, 2.24) is 4.90 Å². The first-order chi connectivity index (χ1) is 11.1. The Balaban J connectivity index is 1.84. The second-order valence-corrected chi connectivity index (χ2v) is 5.35. The van der Waals surface area contributed by atoms with Crippen molar-refractivity contribution in [1.29, 1.82) is 0 Å². The Bertz CT molecular complexity index is 805. The molecule has 1 heterocycles. The number of amides is 2. The van der Waals surface area contributed by atoms with Gasteiger partial charge in [0.05, 0.1) is 12.2 Å². The number of imide groups is 1. The van der Waals surface area contributed by atoms with E-state index in [-0.39, 0.29) is 23.0 Å². The molecule has 0 atom stereocenters. The minimum absolute atomic E-state index is 0.0864. The second-order valence-electron chi connectivity index (χ2n) is 4.98. The highest BCUT2D eigenvalue weighted by molar-refractivity contribution is 6.48. The molecular weight excluding hydrogens is 319 g/mol. The summed E-state index contributed by atoms with van der Waals surface area (Å²) >= 11 is 5.97. The Hall–Kier alpha value is -2.66. The summed E-state index contributed by atoms with van der Waals surface area (Å²) < 4.78 is 13.7. The number of anilines is 1. The minimum Gasteiger partial charge on any atom is -0.347 e. The molecule has 2 amide bonds. The molecule has 3 rings (SSSR count). The van der Waals surface area contributed by atoms with Crippen LogP contribution in [0, 0.1) is 5.82 Å². The van der Waals surface area contributed by atoms with Crippen molar-refractivity contribution < 1.29 is 14.0 Å². The van der Waals surface area contributed by atoms with Gasteiger partial charge in [-0.2, -0.15) is 0 Å². The molecule has 0 fully saturated rings. The van der Waals surface area contributed by atoms with Gasteiger partial charge >= 0.3 is 0 Å². The monoisotopic (exact) mass is 330 g/mol. The lowest BCUT2D eigenvalue weighted by Gasteiger charge is -2.15. The van der Waals surface area contributed by atoms with Gasteiger partial charge in [-0.3, -0.25) is 14.5 Å². The number of hydrogen-bond acceptors (Lipinski definition) is 3. The van der Waals surface area contributed by atoms with Gasteiger partial charge in [0, 0.05) is 0 Å². The maximum atomic E-state index is 13.7. The van der Waals surface area contributed by atoms with Crippen molar-refractivity contribution in [2.24, 2.45) is 0 Å². The fourth-order valence-corrected chi connectivity index (χ4v) is 2.49. The first-order valence-corrected chi connectivity index (χ1v) is 7.27. The Morgan fingerprint density at radius 3 is 2.30 bits per heavy atom. The number of rotatable bonds is 4. The molecule has 1 N–H and O–H groups in total. The SMILES string of the molecule is O=C1C(Cl)=C(Nc2ccccc2F)C(=O)N1Cc1ccccc1. The van der Waals surface area contributed by atoms with Crippen LogP contribution in [0.3, 0.4) is 0 Å². The van der Waals surface area contributed by atoms with Crippen LogP contribution >= 0.6 is 11.6 Å². The van der Waals surface area contributed by atoms with E-state index in [0.717, 1.165) is 10.5 Å². The van der Waals surface area contributed by atoms with E-state index in [1.807, 2.05) is 18.2 Å².